The van der Waals surface area contributed by atoms with Gasteiger partial charge in [-0.3, -0.25) is 19.5 Å². The van der Waals surface area contributed by atoms with Crippen molar-refractivity contribution in [3.8, 4) is 0 Å². The van der Waals surface area contributed by atoms with Gasteiger partial charge in [-0.2, -0.15) is 0 Å². The van der Waals surface area contributed by atoms with Crippen molar-refractivity contribution in [1.29, 1.82) is 0 Å². The van der Waals surface area contributed by atoms with E-state index in [0.717, 1.165) is 43.6 Å². The van der Waals surface area contributed by atoms with E-state index in [9.17, 15) is 9.59 Å². The summed E-state index contributed by atoms with van der Waals surface area (Å²) in [6, 6.07) is 3.85. The molecule has 8 heteroatoms. The van der Waals surface area contributed by atoms with Crippen LogP contribution in [0.1, 0.15) is 54.4 Å². The molecular formula is C22H29N5O3. The summed E-state index contributed by atoms with van der Waals surface area (Å²) < 4.78 is 5.07. The molecule has 0 radical (unpaired) electrons. The van der Waals surface area contributed by atoms with Gasteiger partial charge in [-0.25, -0.2) is 4.98 Å². The number of ether oxygens (including phenoxy) is 1. The number of aromatic amines is 1. The number of piperidine rings is 1. The van der Waals surface area contributed by atoms with E-state index in [2.05, 4.69) is 14.9 Å². The molecule has 1 atom stereocenters. The molecule has 0 aliphatic carbocycles. The summed E-state index contributed by atoms with van der Waals surface area (Å²) >= 11 is 0. The number of methoxy groups -OCH3 is 1. The van der Waals surface area contributed by atoms with Gasteiger partial charge in [0.05, 0.1) is 24.8 Å². The third-order valence-corrected chi connectivity index (χ3v) is 5.99. The van der Waals surface area contributed by atoms with Crippen molar-refractivity contribution in [2.75, 3.05) is 26.8 Å². The zero-order valence-electron chi connectivity index (χ0n) is 17.5. The van der Waals surface area contributed by atoms with E-state index in [4.69, 9.17) is 9.72 Å². The summed E-state index contributed by atoms with van der Waals surface area (Å²) in [5, 5.41) is 0. The molecule has 2 aliphatic heterocycles. The largest absolute Gasteiger partial charge is 0.384 e. The molecule has 0 aromatic carbocycles. The zero-order chi connectivity index (χ0) is 20.9. The molecular weight excluding hydrogens is 382 g/mol. The van der Waals surface area contributed by atoms with Gasteiger partial charge in [0.25, 0.3) is 5.56 Å². The van der Waals surface area contributed by atoms with Crippen LogP contribution >= 0.6 is 0 Å². The second-order valence-corrected chi connectivity index (χ2v) is 8.03. The number of nitrogens with one attached hydrogen (secondary N) is 1. The molecule has 1 fully saturated rings. The first-order chi connectivity index (χ1) is 14.7. The molecule has 2 aromatic rings. The number of amides is 1. The van der Waals surface area contributed by atoms with Gasteiger partial charge < -0.3 is 14.6 Å². The van der Waals surface area contributed by atoms with E-state index in [0.29, 0.717) is 38.4 Å². The van der Waals surface area contributed by atoms with Gasteiger partial charge in [-0.1, -0.05) is 0 Å². The number of hydrogen-bond acceptors (Lipinski definition) is 6. The second-order valence-electron chi connectivity index (χ2n) is 8.03. The molecule has 8 nitrogen and oxygen atoms in total. The average molecular weight is 412 g/mol. The number of aromatic nitrogens is 3. The fourth-order valence-corrected chi connectivity index (χ4v) is 4.40. The van der Waals surface area contributed by atoms with Crippen molar-refractivity contribution in [3.63, 3.8) is 0 Å². The fourth-order valence-electron chi connectivity index (χ4n) is 4.40. The van der Waals surface area contributed by atoms with Gasteiger partial charge >= 0.3 is 0 Å². The quantitative estimate of drug-likeness (QED) is 0.780. The first-order valence-electron chi connectivity index (χ1n) is 10.7. The van der Waals surface area contributed by atoms with Crippen molar-refractivity contribution in [2.24, 2.45) is 0 Å². The van der Waals surface area contributed by atoms with E-state index in [1.807, 2.05) is 17.0 Å². The summed E-state index contributed by atoms with van der Waals surface area (Å²) in [5.74, 6) is 0.677. The Labute approximate surface area is 176 Å². The molecule has 2 aliphatic rings. The normalized spacial score (nSPS) is 19.5. The summed E-state index contributed by atoms with van der Waals surface area (Å²) in [4.78, 5) is 41.6. The maximum Gasteiger partial charge on any atom is 0.254 e. The monoisotopic (exact) mass is 411 g/mol. The highest BCUT2D eigenvalue weighted by Gasteiger charge is 2.31. The minimum atomic E-state index is -0.170. The molecule has 1 N–H and O–H groups in total. The van der Waals surface area contributed by atoms with E-state index in [1.165, 1.54) is 5.56 Å². The number of likely N-dealkylation sites (tertiary alicyclic amines) is 1. The third kappa shape index (κ3) is 4.60. The lowest BCUT2D eigenvalue weighted by molar-refractivity contribution is -0.136. The van der Waals surface area contributed by atoms with Gasteiger partial charge in [-0.15, -0.1) is 0 Å². The number of H-pyrrole nitrogens is 1. The highest BCUT2D eigenvalue weighted by molar-refractivity contribution is 5.76. The standard InChI is InChI=1S/C22H29N5O3/c1-30-13-8-20(28)27-11-3-2-4-19(27)21-24-18-15-26(12-7-17(18)22(29)25-21)14-16-5-9-23-10-6-16/h5-6,9-10,19H,2-4,7-8,11-15H2,1H3,(H,24,25,29). The first kappa shape index (κ1) is 20.7. The topological polar surface area (TPSA) is 91.4 Å². The maximum atomic E-state index is 12.8. The lowest BCUT2D eigenvalue weighted by atomic mass is 9.99. The van der Waals surface area contributed by atoms with Crippen molar-refractivity contribution in [3.05, 3.63) is 57.5 Å². The summed E-state index contributed by atoms with van der Waals surface area (Å²) in [5.41, 5.74) is 2.75. The zero-order valence-corrected chi connectivity index (χ0v) is 17.5. The van der Waals surface area contributed by atoms with Crippen LogP contribution in [-0.4, -0.2) is 57.5 Å². The van der Waals surface area contributed by atoms with Gasteiger partial charge in [-0.05, 0) is 43.4 Å². The Hall–Kier alpha value is -2.58. The minimum absolute atomic E-state index is 0.0567. The predicted octanol–water partition coefficient (Wildman–Crippen LogP) is 1.81. The van der Waals surface area contributed by atoms with Crippen LogP contribution in [0.25, 0.3) is 0 Å². The van der Waals surface area contributed by atoms with Crippen LogP contribution in [0.2, 0.25) is 0 Å². The molecule has 1 amide bonds. The second kappa shape index (κ2) is 9.49. The lowest BCUT2D eigenvalue weighted by Gasteiger charge is -2.36. The van der Waals surface area contributed by atoms with Crippen LogP contribution in [0.5, 0.6) is 0 Å². The highest BCUT2D eigenvalue weighted by atomic mass is 16.5. The average Bonchev–Trinajstić information content (AvgIpc) is 2.78. The fraction of sp³-hybridized carbons (Fsp3) is 0.545. The molecule has 1 unspecified atom stereocenters. The number of nitrogens with zero attached hydrogens (tertiary/aromatic N) is 4. The first-order valence-corrected chi connectivity index (χ1v) is 10.7. The molecule has 1 saturated heterocycles. The SMILES string of the molecule is COCCC(=O)N1CCCCC1c1nc2c(c(=O)[nH]1)CCN(Cc1ccncc1)C2. The van der Waals surface area contributed by atoms with Gasteiger partial charge in [0.15, 0.2) is 0 Å². The van der Waals surface area contributed by atoms with Crippen LogP contribution in [0.15, 0.2) is 29.3 Å². The third-order valence-electron chi connectivity index (χ3n) is 5.99. The van der Waals surface area contributed by atoms with Gasteiger partial charge in [0, 0.05) is 51.2 Å². The number of carbonyl (C=O) groups excluding carboxylic acids is 1. The number of fused-ring (bicyclic) bond motifs is 1. The molecule has 0 saturated carbocycles. The van der Waals surface area contributed by atoms with Crippen LogP contribution < -0.4 is 5.56 Å². The van der Waals surface area contributed by atoms with Crippen LogP contribution in [0.4, 0.5) is 0 Å². The van der Waals surface area contributed by atoms with E-state index in [1.54, 1.807) is 19.5 Å². The van der Waals surface area contributed by atoms with Crippen molar-refractivity contribution in [1.82, 2.24) is 24.8 Å². The van der Waals surface area contributed by atoms with Crippen LogP contribution in [-0.2, 0) is 29.0 Å². The van der Waals surface area contributed by atoms with Gasteiger partial charge in [0.2, 0.25) is 5.91 Å². The molecule has 2 aromatic heterocycles. The Morgan fingerprint density at radius 2 is 2.10 bits per heavy atom. The molecule has 160 valence electrons. The highest BCUT2D eigenvalue weighted by Crippen LogP contribution is 2.30. The summed E-state index contributed by atoms with van der Waals surface area (Å²) in [6.45, 7) is 3.36. The van der Waals surface area contributed by atoms with Gasteiger partial charge in [0.1, 0.15) is 5.82 Å². The number of hydrogen-bond donors (Lipinski definition) is 1. The molecule has 4 rings (SSSR count). The minimum Gasteiger partial charge on any atom is -0.384 e. The summed E-state index contributed by atoms with van der Waals surface area (Å²) in [7, 11) is 1.60. The number of pyridine rings is 1. The Morgan fingerprint density at radius 3 is 2.90 bits per heavy atom. The Bertz CT molecular complexity index is 930. The van der Waals surface area contributed by atoms with E-state index in [-0.39, 0.29) is 17.5 Å². The van der Waals surface area contributed by atoms with E-state index >= 15 is 0 Å². The summed E-state index contributed by atoms with van der Waals surface area (Å²) in [6.07, 6.45) is 7.45. The molecule has 30 heavy (non-hydrogen) atoms. The smallest absolute Gasteiger partial charge is 0.254 e. The van der Waals surface area contributed by atoms with E-state index < -0.39 is 0 Å². The lowest BCUT2D eigenvalue weighted by Crippen LogP contribution is -2.41. The molecule has 0 spiro atoms. The number of rotatable bonds is 6. The Morgan fingerprint density at radius 1 is 1.27 bits per heavy atom. The van der Waals surface area contributed by atoms with Crippen molar-refractivity contribution in [2.45, 2.75) is 51.2 Å². The van der Waals surface area contributed by atoms with Crippen LogP contribution in [0, 0.1) is 0 Å². The Kier molecular flexibility index (Phi) is 6.54. The van der Waals surface area contributed by atoms with Crippen LogP contribution in [0.3, 0.4) is 0 Å². The Balaban J connectivity index is 1.55. The number of carbonyl (C=O) groups is 1. The predicted molar refractivity (Wildman–Crippen MR) is 112 cm³/mol. The molecule has 0 bridgehead atoms. The molecule has 4 heterocycles. The maximum absolute atomic E-state index is 12.8. The van der Waals surface area contributed by atoms with Crippen molar-refractivity contribution < 1.29 is 9.53 Å². The van der Waals surface area contributed by atoms with Crippen molar-refractivity contribution >= 4 is 5.91 Å².